The molecule has 0 heterocycles. The second-order valence-corrected chi connectivity index (χ2v) is 5.56. The standard InChI is InChI=1S/C16H16BrNO3/c1-10-6-11(2)12(3)16(7-10)21-15-5-4-13(9-17)8-14(15)18(19)20/h4-8H,9H2,1-3H3. The molecule has 2 aromatic rings. The van der Waals surface area contributed by atoms with Crippen LogP contribution in [0.4, 0.5) is 5.69 Å². The average molecular weight is 350 g/mol. The monoisotopic (exact) mass is 349 g/mol. The molecule has 5 heteroatoms. The van der Waals surface area contributed by atoms with E-state index < -0.39 is 4.92 Å². The first-order valence-corrected chi connectivity index (χ1v) is 7.63. The molecule has 0 aliphatic heterocycles. The normalized spacial score (nSPS) is 10.5. The summed E-state index contributed by atoms with van der Waals surface area (Å²) in [6.07, 6.45) is 0. The predicted octanol–water partition coefficient (Wildman–Crippen LogP) is 5.21. The van der Waals surface area contributed by atoms with Gasteiger partial charge in [-0.25, -0.2) is 0 Å². The molecular weight excluding hydrogens is 334 g/mol. The smallest absolute Gasteiger partial charge is 0.311 e. The lowest BCUT2D eigenvalue weighted by molar-refractivity contribution is -0.385. The van der Waals surface area contributed by atoms with Gasteiger partial charge >= 0.3 is 5.69 Å². The summed E-state index contributed by atoms with van der Waals surface area (Å²) in [5, 5.41) is 11.8. The lowest BCUT2D eigenvalue weighted by Gasteiger charge is -2.12. The number of rotatable bonds is 4. The molecule has 21 heavy (non-hydrogen) atoms. The SMILES string of the molecule is Cc1cc(C)c(C)c(Oc2ccc(CBr)cc2[N+](=O)[O-])c1. The van der Waals surface area contributed by atoms with Crippen LogP contribution in [-0.2, 0) is 5.33 Å². The molecule has 110 valence electrons. The molecule has 2 aromatic carbocycles. The Hall–Kier alpha value is -1.88. The lowest BCUT2D eigenvalue weighted by Crippen LogP contribution is -1.97. The van der Waals surface area contributed by atoms with Crippen molar-refractivity contribution in [2.75, 3.05) is 0 Å². The Balaban J connectivity index is 2.47. The molecule has 0 saturated heterocycles. The molecule has 0 unspecified atom stereocenters. The maximum atomic E-state index is 11.2. The minimum absolute atomic E-state index is 0.0227. The van der Waals surface area contributed by atoms with Crippen LogP contribution in [-0.4, -0.2) is 4.92 Å². The van der Waals surface area contributed by atoms with Crippen molar-refractivity contribution in [2.45, 2.75) is 26.1 Å². The fourth-order valence-corrected chi connectivity index (χ4v) is 2.45. The van der Waals surface area contributed by atoms with Gasteiger partial charge in [0, 0.05) is 11.4 Å². The van der Waals surface area contributed by atoms with Gasteiger partial charge in [-0.3, -0.25) is 10.1 Å². The largest absolute Gasteiger partial charge is 0.450 e. The Bertz CT molecular complexity index is 698. The van der Waals surface area contributed by atoms with Crippen molar-refractivity contribution in [3.8, 4) is 11.5 Å². The average Bonchev–Trinajstić information content (AvgIpc) is 2.44. The van der Waals surface area contributed by atoms with E-state index in [1.807, 2.05) is 32.9 Å². The highest BCUT2D eigenvalue weighted by Gasteiger charge is 2.17. The lowest BCUT2D eigenvalue weighted by atomic mass is 10.1. The number of benzene rings is 2. The third-order valence-corrected chi connectivity index (χ3v) is 4.01. The first-order valence-electron chi connectivity index (χ1n) is 6.51. The van der Waals surface area contributed by atoms with Gasteiger partial charge in [-0.1, -0.05) is 28.1 Å². The van der Waals surface area contributed by atoms with Crippen molar-refractivity contribution < 1.29 is 9.66 Å². The first-order chi connectivity index (χ1) is 9.92. The topological polar surface area (TPSA) is 52.4 Å². The molecule has 0 saturated carbocycles. The third kappa shape index (κ3) is 3.42. The van der Waals surface area contributed by atoms with E-state index in [0.29, 0.717) is 11.1 Å². The van der Waals surface area contributed by atoms with Crippen LogP contribution in [0.1, 0.15) is 22.3 Å². The quantitative estimate of drug-likeness (QED) is 0.432. The summed E-state index contributed by atoms with van der Waals surface area (Å²) in [6, 6.07) is 8.94. The molecule has 0 aromatic heterocycles. The van der Waals surface area contributed by atoms with Crippen molar-refractivity contribution in [1.29, 1.82) is 0 Å². The maximum Gasteiger partial charge on any atom is 0.311 e. The number of aryl methyl sites for hydroxylation is 2. The van der Waals surface area contributed by atoms with Gasteiger partial charge in [0.05, 0.1) is 4.92 Å². The van der Waals surface area contributed by atoms with E-state index in [2.05, 4.69) is 22.0 Å². The number of hydrogen-bond acceptors (Lipinski definition) is 3. The van der Waals surface area contributed by atoms with Crippen molar-refractivity contribution in [2.24, 2.45) is 0 Å². The van der Waals surface area contributed by atoms with Gasteiger partial charge in [-0.05, 0) is 55.2 Å². The summed E-state index contributed by atoms with van der Waals surface area (Å²) in [5.74, 6) is 0.917. The summed E-state index contributed by atoms with van der Waals surface area (Å²) in [4.78, 5) is 10.8. The van der Waals surface area contributed by atoms with E-state index in [9.17, 15) is 10.1 Å². The van der Waals surface area contributed by atoms with E-state index in [1.54, 1.807) is 6.07 Å². The van der Waals surface area contributed by atoms with Crippen molar-refractivity contribution in [3.05, 3.63) is 62.7 Å². The Morgan fingerprint density at radius 2 is 1.86 bits per heavy atom. The van der Waals surface area contributed by atoms with Gasteiger partial charge in [0.2, 0.25) is 5.75 Å². The van der Waals surface area contributed by atoms with Crippen LogP contribution in [0.2, 0.25) is 0 Å². The highest BCUT2D eigenvalue weighted by atomic mass is 79.9. The number of nitrogens with zero attached hydrogens (tertiary/aromatic N) is 1. The van der Waals surface area contributed by atoms with Crippen LogP contribution in [0.25, 0.3) is 0 Å². The van der Waals surface area contributed by atoms with Crippen LogP contribution in [0.15, 0.2) is 30.3 Å². The molecule has 0 bridgehead atoms. The molecule has 2 rings (SSSR count). The van der Waals surface area contributed by atoms with E-state index in [-0.39, 0.29) is 11.4 Å². The van der Waals surface area contributed by atoms with Gasteiger partial charge in [-0.2, -0.15) is 0 Å². The van der Waals surface area contributed by atoms with Crippen LogP contribution < -0.4 is 4.74 Å². The van der Waals surface area contributed by atoms with Gasteiger partial charge in [0.25, 0.3) is 0 Å². The Labute approximate surface area is 132 Å². The van der Waals surface area contributed by atoms with Gasteiger partial charge in [-0.15, -0.1) is 0 Å². The van der Waals surface area contributed by atoms with E-state index >= 15 is 0 Å². The first kappa shape index (κ1) is 15.5. The van der Waals surface area contributed by atoms with E-state index in [1.165, 1.54) is 6.07 Å². The van der Waals surface area contributed by atoms with Crippen LogP contribution in [0, 0.1) is 30.9 Å². The zero-order chi connectivity index (χ0) is 15.6. The molecule has 4 nitrogen and oxygen atoms in total. The summed E-state index contributed by atoms with van der Waals surface area (Å²) in [5.41, 5.74) is 3.97. The Kier molecular flexibility index (Phi) is 4.63. The number of nitro groups is 1. The number of ether oxygens (including phenoxy) is 1. The highest BCUT2D eigenvalue weighted by molar-refractivity contribution is 9.08. The molecular formula is C16H16BrNO3. The van der Waals surface area contributed by atoms with Gasteiger partial charge < -0.3 is 4.74 Å². The van der Waals surface area contributed by atoms with Gasteiger partial charge in [0.15, 0.2) is 0 Å². The zero-order valence-corrected chi connectivity index (χ0v) is 13.7. The molecule has 0 amide bonds. The van der Waals surface area contributed by atoms with Crippen LogP contribution in [0.3, 0.4) is 0 Å². The Morgan fingerprint density at radius 3 is 2.48 bits per heavy atom. The zero-order valence-electron chi connectivity index (χ0n) is 12.1. The predicted molar refractivity (Wildman–Crippen MR) is 86.5 cm³/mol. The van der Waals surface area contributed by atoms with E-state index in [0.717, 1.165) is 22.3 Å². The fraction of sp³-hybridized carbons (Fsp3) is 0.250. The number of nitro benzene ring substituents is 1. The summed E-state index contributed by atoms with van der Waals surface area (Å²) >= 11 is 3.30. The minimum atomic E-state index is -0.417. The summed E-state index contributed by atoms with van der Waals surface area (Å²) in [7, 11) is 0. The number of hydrogen-bond donors (Lipinski definition) is 0. The van der Waals surface area contributed by atoms with Crippen molar-refractivity contribution >= 4 is 21.6 Å². The summed E-state index contributed by atoms with van der Waals surface area (Å²) in [6.45, 7) is 5.92. The molecule has 0 fully saturated rings. The van der Waals surface area contributed by atoms with E-state index in [4.69, 9.17) is 4.74 Å². The van der Waals surface area contributed by atoms with Crippen LogP contribution >= 0.6 is 15.9 Å². The van der Waals surface area contributed by atoms with Crippen LogP contribution in [0.5, 0.6) is 11.5 Å². The number of alkyl halides is 1. The van der Waals surface area contributed by atoms with Crippen molar-refractivity contribution in [3.63, 3.8) is 0 Å². The molecule has 0 spiro atoms. The molecule has 0 atom stereocenters. The molecule has 0 radical (unpaired) electrons. The summed E-state index contributed by atoms with van der Waals surface area (Å²) < 4.78 is 5.81. The second-order valence-electron chi connectivity index (χ2n) is 5.00. The van der Waals surface area contributed by atoms with Gasteiger partial charge in [0.1, 0.15) is 5.75 Å². The minimum Gasteiger partial charge on any atom is -0.450 e. The molecule has 0 N–H and O–H groups in total. The Morgan fingerprint density at radius 1 is 1.14 bits per heavy atom. The van der Waals surface area contributed by atoms with Crippen molar-refractivity contribution in [1.82, 2.24) is 0 Å². The maximum absolute atomic E-state index is 11.2. The number of halogens is 1. The molecule has 0 aliphatic rings. The third-order valence-electron chi connectivity index (χ3n) is 3.36. The fourth-order valence-electron chi connectivity index (χ4n) is 2.10. The molecule has 0 aliphatic carbocycles. The highest BCUT2D eigenvalue weighted by Crippen LogP contribution is 2.35. The second kappa shape index (κ2) is 6.26.